The van der Waals surface area contributed by atoms with Crippen LogP contribution in [0.5, 0.6) is 0 Å². The summed E-state index contributed by atoms with van der Waals surface area (Å²) in [5.74, 6) is 0.0869. The van der Waals surface area contributed by atoms with Crippen LogP contribution >= 0.6 is 11.3 Å². The second kappa shape index (κ2) is 5.73. The van der Waals surface area contributed by atoms with Crippen LogP contribution in [0.3, 0.4) is 0 Å². The van der Waals surface area contributed by atoms with Crippen molar-refractivity contribution in [1.82, 2.24) is 4.98 Å². The summed E-state index contributed by atoms with van der Waals surface area (Å²) in [6.07, 6.45) is 0. The van der Waals surface area contributed by atoms with Crippen LogP contribution in [0.4, 0.5) is 5.13 Å². The van der Waals surface area contributed by atoms with Gasteiger partial charge in [0.25, 0.3) is 0 Å². The predicted molar refractivity (Wildman–Crippen MR) is 80.6 cm³/mol. The lowest BCUT2D eigenvalue weighted by molar-refractivity contribution is 0.101. The number of nitrogens with zero attached hydrogens (tertiary/aromatic N) is 2. The molecule has 2 aromatic rings. The second-order valence-electron chi connectivity index (χ2n) is 4.75. The molecular weight excluding hydrogens is 272 g/mol. The first-order valence-corrected chi connectivity index (χ1v) is 7.51. The Hall–Kier alpha value is -1.72. The van der Waals surface area contributed by atoms with Crippen molar-refractivity contribution in [3.05, 3.63) is 35.2 Å². The first kappa shape index (κ1) is 13.3. The molecule has 4 nitrogen and oxygen atoms in total. The van der Waals surface area contributed by atoms with Gasteiger partial charge in [-0.1, -0.05) is 24.3 Å². The number of hydrogen-bond donors (Lipinski definition) is 0. The molecule has 1 aliphatic heterocycles. The topological polar surface area (TPSA) is 42.4 Å². The first-order valence-electron chi connectivity index (χ1n) is 6.63. The van der Waals surface area contributed by atoms with Crippen LogP contribution in [0, 0.1) is 0 Å². The van der Waals surface area contributed by atoms with Gasteiger partial charge in [-0.3, -0.25) is 4.79 Å². The lowest BCUT2D eigenvalue weighted by Crippen LogP contribution is -2.36. The van der Waals surface area contributed by atoms with Crippen molar-refractivity contribution in [2.75, 3.05) is 31.2 Å². The molecule has 1 saturated heterocycles. The molecule has 3 rings (SSSR count). The van der Waals surface area contributed by atoms with E-state index in [1.54, 1.807) is 18.3 Å². The van der Waals surface area contributed by atoms with Gasteiger partial charge in [0.1, 0.15) is 0 Å². The molecule has 1 aliphatic rings. The number of thiazole rings is 1. The van der Waals surface area contributed by atoms with E-state index in [2.05, 4.69) is 15.3 Å². The van der Waals surface area contributed by atoms with Gasteiger partial charge in [0.15, 0.2) is 10.9 Å². The van der Waals surface area contributed by atoms with Crippen molar-refractivity contribution in [1.29, 1.82) is 0 Å². The summed E-state index contributed by atoms with van der Waals surface area (Å²) in [5, 5.41) is 3.10. The molecule has 0 N–H and O–H groups in total. The summed E-state index contributed by atoms with van der Waals surface area (Å²) in [7, 11) is 0. The highest BCUT2D eigenvalue weighted by atomic mass is 32.1. The van der Waals surface area contributed by atoms with Gasteiger partial charge < -0.3 is 9.64 Å². The highest BCUT2D eigenvalue weighted by Crippen LogP contribution is 2.28. The van der Waals surface area contributed by atoms with Crippen molar-refractivity contribution in [3.63, 3.8) is 0 Å². The molecule has 0 radical (unpaired) electrons. The molecule has 1 aromatic heterocycles. The van der Waals surface area contributed by atoms with Crippen LogP contribution in [-0.4, -0.2) is 37.1 Å². The predicted octanol–water partition coefficient (Wildman–Crippen LogP) is 2.85. The zero-order chi connectivity index (χ0) is 13.9. The van der Waals surface area contributed by atoms with E-state index >= 15 is 0 Å². The maximum atomic E-state index is 11.3. The number of rotatable bonds is 3. The molecule has 0 amide bonds. The van der Waals surface area contributed by atoms with Crippen molar-refractivity contribution < 1.29 is 9.53 Å². The molecule has 104 valence electrons. The molecule has 0 aliphatic carbocycles. The van der Waals surface area contributed by atoms with E-state index in [1.807, 2.05) is 24.3 Å². The smallest absolute Gasteiger partial charge is 0.186 e. The fraction of sp³-hybridized carbons (Fsp3) is 0.333. The molecule has 0 saturated carbocycles. The molecule has 2 heterocycles. The summed E-state index contributed by atoms with van der Waals surface area (Å²) in [4.78, 5) is 18.2. The Morgan fingerprint density at radius 1 is 1.25 bits per heavy atom. The average Bonchev–Trinajstić information content (AvgIpc) is 2.98. The molecule has 0 unspecified atom stereocenters. The average molecular weight is 288 g/mol. The van der Waals surface area contributed by atoms with Crippen LogP contribution in [-0.2, 0) is 4.74 Å². The second-order valence-corrected chi connectivity index (χ2v) is 5.58. The number of carbonyl (C=O) groups is 1. The van der Waals surface area contributed by atoms with E-state index in [1.165, 1.54) is 0 Å². The Bertz CT molecular complexity index is 601. The standard InChI is InChI=1S/C15H16N2O2S/c1-11(18)12-2-4-13(5-3-12)14-10-20-15(16-14)17-6-8-19-9-7-17/h2-5,10H,6-9H2,1H3. The highest BCUT2D eigenvalue weighted by Gasteiger charge is 2.15. The van der Waals surface area contributed by atoms with E-state index < -0.39 is 0 Å². The number of ketones is 1. The summed E-state index contributed by atoms with van der Waals surface area (Å²) in [6.45, 7) is 4.91. The normalized spacial score (nSPS) is 15.3. The van der Waals surface area contributed by atoms with E-state index in [0.717, 1.165) is 48.3 Å². The van der Waals surface area contributed by atoms with Gasteiger partial charge in [-0.25, -0.2) is 4.98 Å². The fourth-order valence-electron chi connectivity index (χ4n) is 2.17. The number of morpholine rings is 1. The molecular formula is C15H16N2O2S. The zero-order valence-electron chi connectivity index (χ0n) is 11.3. The van der Waals surface area contributed by atoms with Gasteiger partial charge in [-0.15, -0.1) is 11.3 Å². The van der Waals surface area contributed by atoms with Crippen LogP contribution in [0.2, 0.25) is 0 Å². The van der Waals surface area contributed by atoms with E-state index in [9.17, 15) is 4.79 Å². The van der Waals surface area contributed by atoms with Gasteiger partial charge >= 0.3 is 0 Å². The van der Waals surface area contributed by atoms with E-state index in [-0.39, 0.29) is 5.78 Å². The summed E-state index contributed by atoms with van der Waals surface area (Å²) in [6, 6.07) is 7.61. The van der Waals surface area contributed by atoms with Crippen LogP contribution in [0.15, 0.2) is 29.6 Å². The number of hydrogen-bond acceptors (Lipinski definition) is 5. The third-order valence-electron chi connectivity index (χ3n) is 3.36. The summed E-state index contributed by atoms with van der Waals surface area (Å²) in [5.41, 5.74) is 2.75. The van der Waals surface area contributed by atoms with Crippen LogP contribution in [0.25, 0.3) is 11.3 Å². The quantitative estimate of drug-likeness (QED) is 0.815. The zero-order valence-corrected chi connectivity index (χ0v) is 12.2. The molecule has 0 spiro atoms. The SMILES string of the molecule is CC(=O)c1ccc(-c2csc(N3CCOCC3)n2)cc1. The van der Waals surface area contributed by atoms with Gasteiger partial charge in [0.2, 0.25) is 0 Å². The number of anilines is 1. The number of benzene rings is 1. The fourth-order valence-corrected chi connectivity index (χ4v) is 3.06. The van der Waals surface area contributed by atoms with Crippen LogP contribution < -0.4 is 4.90 Å². The molecule has 0 bridgehead atoms. The number of Topliss-reactive ketones (excluding diaryl/α,β-unsaturated/α-hetero) is 1. The summed E-state index contributed by atoms with van der Waals surface area (Å²) >= 11 is 1.65. The Kier molecular flexibility index (Phi) is 3.80. The monoisotopic (exact) mass is 288 g/mol. The highest BCUT2D eigenvalue weighted by molar-refractivity contribution is 7.14. The third-order valence-corrected chi connectivity index (χ3v) is 4.26. The molecule has 5 heteroatoms. The minimum atomic E-state index is 0.0869. The Morgan fingerprint density at radius 3 is 2.60 bits per heavy atom. The lowest BCUT2D eigenvalue weighted by Gasteiger charge is -2.26. The van der Waals surface area contributed by atoms with Crippen molar-refractivity contribution in [2.24, 2.45) is 0 Å². The van der Waals surface area contributed by atoms with Gasteiger partial charge in [0, 0.05) is 29.6 Å². The Morgan fingerprint density at radius 2 is 1.95 bits per heavy atom. The van der Waals surface area contributed by atoms with Crippen molar-refractivity contribution in [3.8, 4) is 11.3 Å². The molecule has 1 fully saturated rings. The van der Waals surface area contributed by atoms with Gasteiger partial charge in [-0.05, 0) is 6.92 Å². The lowest BCUT2D eigenvalue weighted by atomic mass is 10.1. The number of carbonyl (C=O) groups excluding carboxylic acids is 1. The minimum Gasteiger partial charge on any atom is -0.378 e. The Balaban J connectivity index is 1.80. The van der Waals surface area contributed by atoms with Crippen LogP contribution in [0.1, 0.15) is 17.3 Å². The Labute approximate surface area is 122 Å². The molecule has 1 aromatic carbocycles. The summed E-state index contributed by atoms with van der Waals surface area (Å²) < 4.78 is 5.35. The van der Waals surface area contributed by atoms with Gasteiger partial charge in [-0.2, -0.15) is 0 Å². The van der Waals surface area contributed by atoms with E-state index in [0.29, 0.717) is 0 Å². The first-order chi connectivity index (χ1) is 9.74. The number of ether oxygens (including phenoxy) is 1. The molecule has 20 heavy (non-hydrogen) atoms. The minimum absolute atomic E-state index is 0.0869. The third kappa shape index (κ3) is 2.73. The van der Waals surface area contributed by atoms with E-state index in [4.69, 9.17) is 4.74 Å². The van der Waals surface area contributed by atoms with Crippen molar-refractivity contribution >= 4 is 22.3 Å². The number of aromatic nitrogens is 1. The maximum absolute atomic E-state index is 11.3. The van der Waals surface area contributed by atoms with Crippen molar-refractivity contribution in [2.45, 2.75) is 6.92 Å². The molecule has 0 atom stereocenters. The van der Waals surface area contributed by atoms with Gasteiger partial charge in [0.05, 0.1) is 18.9 Å². The maximum Gasteiger partial charge on any atom is 0.186 e. The largest absolute Gasteiger partial charge is 0.378 e.